The Balaban J connectivity index is 1.70. The maximum Gasteiger partial charge on any atom is 0.295 e. The van der Waals surface area contributed by atoms with Crippen molar-refractivity contribution in [3.05, 3.63) is 77.9 Å². The summed E-state index contributed by atoms with van der Waals surface area (Å²) in [5.41, 5.74) is 1.20. The van der Waals surface area contributed by atoms with Gasteiger partial charge in [-0.1, -0.05) is 31.7 Å². The Morgan fingerprint density at radius 3 is 2.54 bits per heavy atom. The maximum atomic E-state index is 13.3. The zero-order valence-corrected chi connectivity index (χ0v) is 21.2. The number of carbonyl (C=O) groups excluding carboxylic acids is 2. The molecule has 1 amide bonds. The summed E-state index contributed by atoms with van der Waals surface area (Å²) in [6.45, 7) is 10.4. The molecule has 0 spiro atoms. The Hall–Kier alpha value is -3.62. The fraction of sp³-hybridized carbons (Fsp3) is 0.379. The quantitative estimate of drug-likeness (QED) is 0.215. The Morgan fingerprint density at radius 2 is 1.84 bits per heavy atom. The van der Waals surface area contributed by atoms with Crippen molar-refractivity contribution in [2.24, 2.45) is 0 Å². The number of nitrogens with zero attached hydrogens (tertiary/aromatic N) is 2. The highest BCUT2D eigenvalue weighted by molar-refractivity contribution is 6.46. The molecule has 2 aliphatic heterocycles. The van der Waals surface area contributed by atoms with E-state index in [9.17, 15) is 14.7 Å². The molecular weight excluding hydrogens is 472 g/mol. The van der Waals surface area contributed by atoms with Gasteiger partial charge in [-0.2, -0.15) is 0 Å². The highest BCUT2D eigenvalue weighted by atomic mass is 16.5. The maximum absolute atomic E-state index is 13.3. The van der Waals surface area contributed by atoms with Gasteiger partial charge in [-0.05, 0) is 48.4 Å². The van der Waals surface area contributed by atoms with Crippen LogP contribution in [0.25, 0.3) is 5.76 Å². The summed E-state index contributed by atoms with van der Waals surface area (Å²) < 4.78 is 16.8. The second-order valence-electron chi connectivity index (χ2n) is 8.99. The van der Waals surface area contributed by atoms with Gasteiger partial charge in [0.2, 0.25) is 0 Å². The van der Waals surface area contributed by atoms with Gasteiger partial charge < -0.3 is 24.2 Å². The molecule has 0 aliphatic carbocycles. The van der Waals surface area contributed by atoms with Crippen LogP contribution in [0.2, 0.25) is 0 Å². The van der Waals surface area contributed by atoms with E-state index in [0.717, 1.165) is 19.5 Å². The normalized spacial score (nSPS) is 19.7. The molecule has 2 saturated heterocycles. The van der Waals surface area contributed by atoms with Gasteiger partial charge in [-0.25, -0.2) is 0 Å². The predicted octanol–water partition coefficient (Wildman–Crippen LogP) is 3.79. The number of aliphatic hydroxyl groups is 1. The van der Waals surface area contributed by atoms with E-state index >= 15 is 0 Å². The van der Waals surface area contributed by atoms with Crippen molar-refractivity contribution in [2.75, 3.05) is 52.6 Å². The van der Waals surface area contributed by atoms with E-state index < -0.39 is 17.7 Å². The molecule has 0 saturated carbocycles. The van der Waals surface area contributed by atoms with Crippen LogP contribution in [0, 0.1) is 0 Å². The smallest absolute Gasteiger partial charge is 0.295 e. The van der Waals surface area contributed by atoms with Crippen molar-refractivity contribution < 1.29 is 28.9 Å². The summed E-state index contributed by atoms with van der Waals surface area (Å²) in [6, 6.07) is 13.4. The lowest BCUT2D eigenvalue weighted by molar-refractivity contribution is -0.140. The van der Waals surface area contributed by atoms with E-state index in [1.54, 1.807) is 41.3 Å². The number of ketones is 1. The van der Waals surface area contributed by atoms with E-state index in [1.165, 1.54) is 0 Å². The van der Waals surface area contributed by atoms with E-state index in [4.69, 9.17) is 14.2 Å². The fourth-order valence-electron chi connectivity index (χ4n) is 4.55. The fourth-order valence-corrected chi connectivity index (χ4v) is 4.55. The first-order valence-electron chi connectivity index (χ1n) is 12.7. The molecule has 8 heteroatoms. The number of hydrogen-bond acceptors (Lipinski definition) is 7. The molecule has 2 aromatic rings. The molecular formula is C29H34N2O6. The Kier molecular flexibility index (Phi) is 8.98. The first kappa shape index (κ1) is 26.4. The third-order valence-corrected chi connectivity index (χ3v) is 6.44. The molecule has 2 heterocycles. The zero-order valence-electron chi connectivity index (χ0n) is 21.2. The van der Waals surface area contributed by atoms with Crippen molar-refractivity contribution in [1.82, 2.24) is 9.80 Å². The van der Waals surface area contributed by atoms with Gasteiger partial charge in [-0.3, -0.25) is 14.5 Å². The van der Waals surface area contributed by atoms with Crippen molar-refractivity contribution in [3.8, 4) is 11.5 Å². The van der Waals surface area contributed by atoms with Crippen molar-refractivity contribution in [3.63, 3.8) is 0 Å². The number of rotatable bonds is 11. The molecule has 4 rings (SSSR count). The largest absolute Gasteiger partial charge is 0.507 e. The van der Waals surface area contributed by atoms with Gasteiger partial charge in [0.25, 0.3) is 11.7 Å². The monoisotopic (exact) mass is 506 g/mol. The van der Waals surface area contributed by atoms with Crippen molar-refractivity contribution in [1.29, 1.82) is 0 Å². The lowest BCUT2D eigenvalue weighted by Crippen LogP contribution is -2.42. The molecule has 2 aliphatic rings. The Bertz CT molecular complexity index is 1140. The lowest BCUT2D eigenvalue weighted by atomic mass is 9.95. The SMILES string of the molecule is C=CCOc1cccc(C2C(=C(O)c3ccc(OCCC)cc3)C(=O)C(=O)N2CCN2CCOCC2)c1. The van der Waals surface area contributed by atoms with E-state index in [2.05, 4.69) is 11.5 Å². The molecule has 196 valence electrons. The molecule has 1 unspecified atom stereocenters. The number of benzene rings is 2. The van der Waals surface area contributed by atoms with Crippen LogP contribution in [0.1, 0.15) is 30.5 Å². The first-order chi connectivity index (χ1) is 18.0. The van der Waals surface area contributed by atoms with Crippen LogP contribution in [0.4, 0.5) is 0 Å². The van der Waals surface area contributed by atoms with Crippen LogP contribution < -0.4 is 9.47 Å². The molecule has 2 fully saturated rings. The molecule has 2 aromatic carbocycles. The number of amides is 1. The van der Waals surface area contributed by atoms with E-state index in [-0.39, 0.29) is 11.3 Å². The average molecular weight is 507 g/mol. The predicted molar refractivity (Wildman–Crippen MR) is 141 cm³/mol. The second-order valence-corrected chi connectivity index (χ2v) is 8.99. The summed E-state index contributed by atoms with van der Waals surface area (Å²) in [4.78, 5) is 30.3. The Labute approximate surface area is 217 Å². The average Bonchev–Trinajstić information content (AvgIpc) is 3.19. The zero-order chi connectivity index (χ0) is 26.2. The van der Waals surface area contributed by atoms with Crippen LogP contribution >= 0.6 is 0 Å². The molecule has 0 aromatic heterocycles. The minimum Gasteiger partial charge on any atom is -0.507 e. The van der Waals surface area contributed by atoms with Gasteiger partial charge in [0.1, 0.15) is 23.9 Å². The van der Waals surface area contributed by atoms with E-state index in [1.807, 2.05) is 25.1 Å². The van der Waals surface area contributed by atoms with Gasteiger partial charge >= 0.3 is 0 Å². The highest BCUT2D eigenvalue weighted by Crippen LogP contribution is 2.40. The third kappa shape index (κ3) is 6.21. The summed E-state index contributed by atoms with van der Waals surface area (Å²) in [7, 11) is 0. The number of morpholine rings is 1. The summed E-state index contributed by atoms with van der Waals surface area (Å²) in [5.74, 6) is -0.272. The first-order valence-corrected chi connectivity index (χ1v) is 12.7. The number of aliphatic hydroxyl groups excluding tert-OH is 1. The molecule has 8 nitrogen and oxygen atoms in total. The standard InChI is InChI=1S/C29H34N2O6/c1-3-16-36-23-10-8-21(9-11-23)27(32)25-26(22-6-5-7-24(20-22)37-17-4-2)31(29(34)28(25)33)13-12-30-14-18-35-19-15-30/h4-11,20,26,32H,2-3,12-19H2,1H3. The molecule has 37 heavy (non-hydrogen) atoms. The van der Waals surface area contributed by atoms with Crippen LogP contribution in [0.5, 0.6) is 11.5 Å². The number of ether oxygens (including phenoxy) is 3. The number of hydrogen-bond donors (Lipinski definition) is 1. The molecule has 0 bridgehead atoms. The number of Topliss-reactive ketones (excluding diaryl/α,β-unsaturated/α-hetero) is 1. The second kappa shape index (κ2) is 12.6. The minimum absolute atomic E-state index is 0.0649. The number of carbonyl (C=O) groups is 2. The topological polar surface area (TPSA) is 88.5 Å². The van der Waals surface area contributed by atoms with Gasteiger partial charge in [0.15, 0.2) is 0 Å². The van der Waals surface area contributed by atoms with E-state index in [0.29, 0.717) is 62.1 Å². The molecule has 0 radical (unpaired) electrons. The van der Waals surface area contributed by atoms with Crippen molar-refractivity contribution in [2.45, 2.75) is 19.4 Å². The summed E-state index contributed by atoms with van der Waals surface area (Å²) in [5, 5.41) is 11.3. The van der Waals surface area contributed by atoms with Crippen LogP contribution in [0.15, 0.2) is 66.8 Å². The summed E-state index contributed by atoms with van der Waals surface area (Å²) >= 11 is 0. The third-order valence-electron chi connectivity index (χ3n) is 6.44. The highest BCUT2D eigenvalue weighted by Gasteiger charge is 2.46. The van der Waals surface area contributed by atoms with Crippen LogP contribution in [-0.4, -0.2) is 79.2 Å². The summed E-state index contributed by atoms with van der Waals surface area (Å²) in [6.07, 6.45) is 2.53. The van der Waals surface area contributed by atoms with Gasteiger partial charge in [-0.15, -0.1) is 0 Å². The lowest BCUT2D eigenvalue weighted by Gasteiger charge is -2.31. The Morgan fingerprint density at radius 1 is 1.08 bits per heavy atom. The van der Waals surface area contributed by atoms with Gasteiger partial charge in [0.05, 0.1) is 31.4 Å². The van der Waals surface area contributed by atoms with Crippen molar-refractivity contribution >= 4 is 17.4 Å². The minimum atomic E-state index is -0.746. The number of likely N-dealkylation sites (tertiary alicyclic amines) is 1. The molecule has 1 N–H and O–H groups in total. The molecule has 1 atom stereocenters. The van der Waals surface area contributed by atoms with Crippen LogP contribution in [-0.2, 0) is 14.3 Å². The van der Waals surface area contributed by atoms with Crippen LogP contribution in [0.3, 0.4) is 0 Å². The van der Waals surface area contributed by atoms with Gasteiger partial charge in [0, 0.05) is 31.7 Å².